The zero-order valence-electron chi connectivity index (χ0n) is 12.8. The van der Waals surface area contributed by atoms with Crippen LogP contribution in [0.3, 0.4) is 0 Å². The lowest BCUT2D eigenvalue weighted by atomic mass is 10.0. The van der Waals surface area contributed by atoms with Crippen LogP contribution in [0.4, 0.5) is 0 Å². The lowest BCUT2D eigenvalue weighted by Crippen LogP contribution is -2.11. The molecule has 2 heterocycles. The van der Waals surface area contributed by atoms with Gasteiger partial charge in [-0.15, -0.1) is 5.10 Å². The Labute approximate surface area is 132 Å². The molecule has 0 saturated heterocycles. The fourth-order valence-corrected chi connectivity index (χ4v) is 3.00. The molecule has 5 heteroatoms. The number of hydrogen-bond acceptors (Lipinski definition) is 3. The Kier molecular flexibility index (Phi) is 3.19. The summed E-state index contributed by atoms with van der Waals surface area (Å²) in [6.45, 7) is 2.29. The maximum absolute atomic E-state index is 12.7. The summed E-state index contributed by atoms with van der Waals surface area (Å²) in [5.41, 5.74) is 4.63. The van der Waals surface area contributed by atoms with Gasteiger partial charge in [0, 0.05) is 22.7 Å². The number of hydrogen-bond donors (Lipinski definition) is 1. The number of carbonyl (C=O) groups is 1. The van der Waals surface area contributed by atoms with Gasteiger partial charge in [-0.05, 0) is 24.1 Å². The van der Waals surface area contributed by atoms with E-state index >= 15 is 0 Å². The number of nitrogens with one attached hydrogen (secondary N) is 1. The SMILES string of the molecule is CCc1cccc2c(C(=O)Cn3nnc4ccccc43)c[nH]c12. The molecule has 4 rings (SSSR count). The fraction of sp³-hybridized carbons (Fsp3) is 0.167. The fourth-order valence-electron chi connectivity index (χ4n) is 3.00. The number of carbonyl (C=O) groups excluding carboxylic acids is 1. The number of nitrogens with zero attached hydrogens (tertiary/aromatic N) is 3. The van der Waals surface area contributed by atoms with Crippen LogP contribution in [-0.4, -0.2) is 25.8 Å². The third-order valence-electron chi connectivity index (χ3n) is 4.20. The molecule has 2 aromatic heterocycles. The molecule has 4 aromatic rings. The van der Waals surface area contributed by atoms with Gasteiger partial charge >= 0.3 is 0 Å². The zero-order valence-corrected chi connectivity index (χ0v) is 12.8. The maximum atomic E-state index is 12.7. The van der Waals surface area contributed by atoms with E-state index in [2.05, 4.69) is 28.3 Å². The van der Waals surface area contributed by atoms with Crippen LogP contribution >= 0.6 is 0 Å². The van der Waals surface area contributed by atoms with E-state index in [4.69, 9.17) is 0 Å². The second kappa shape index (κ2) is 5.35. The summed E-state index contributed by atoms with van der Waals surface area (Å²) in [5.74, 6) is 0.0279. The summed E-state index contributed by atoms with van der Waals surface area (Å²) in [6, 6.07) is 13.7. The molecule has 0 fully saturated rings. The molecule has 0 aliphatic rings. The van der Waals surface area contributed by atoms with Gasteiger partial charge < -0.3 is 4.98 Å². The van der Waals surface area contributed by atoms with Gasteiger partial charge in [-0.2, -0.15) is 0 Å². The highest BCUT2D eigenvalue weighted by Crippen LogP contribution is 2.23. The normalized spacial score (nSPS) is 11.3. The number of H-pyrrole nitrogens is 1. The minimum Gasteiger partial charge on any atom is -0.360 e. The molecule has 0 unspecified atom stereocenters. The summed E-state index contributed by atoms with van der Waals surface area (Å²) < 4.78 is 1.65. The smallest absolute Gasteiger partial charge is 0.186 e. The highest BCUT2D eigenvalue weighted by atomic mass is 16.1. The monoisotopic (exact) mass is 304 g/mol. The summed E-state index contributed by atoms with van der Waals surface area (Å²) in [6.07, 6.45) is 2.73. The molecule has 0 aliphatic heterocycles. The van der Waals surface area contributed by atoms with Crippen molar-refractivity contribution in [3.8, 4) is 0 Å². The molecule has 114 valence electrons. The van der Waals surface area contributed by atoms with Crippen molar-refractivity contribution < 1.29 is 4.79 Å². The molecule has 0 bridgehead atoms. The van der Waals surface area contributed by atoms with E-state index in [0.29, 0.717) is 5.56 Å². The number of benzene rings is 2. The predicted molar refractivity (Wildman–Crippen MR) is 89.5 cm³/mol. The quantitative estimate of drug-likeness (QED) is 0.588. The van der Waals surface area contributed by atoms with Crippen molar-refractivity contribution in [1.82, 2.24) is 20.0 Å². The number of aromatic amines is 1. The predicted octanol–water partition coefficient (Wildman–Crippen LogP) is 3.36. The summed E-state index contributed by atoms with van der Waals surface area (Å²) in [5, 5.41) is 9.16. The number of aromatic nitrogens is 4. The van der Waals surface area contributed by atoms with E-state index in [0.717, 1.165) is 28.4 Å². The number of ketones is 1. The molecule has 0 saturated carbocycles. The Morgan fingerprint density at radius 2 is 2.04 bits per heavy atom. The largest absolute Gasteiger partial charge is 0.360 e. The highest BCUT2D eigenvalue weighted by Gasteiger charge is 2.15. The Morgan fingerprint density at radius 3 is 2.91 bits per heavy atom. The lowest BCUT2D eigenvalue weighted by Gasteiger charge is -2.02. The third-order valence-corrected chi connectivity index (χ3v) is 4.20. The Balaban J connectivity index is 1.72. The molecule has 0 spiro atoms. The Morgan fingerprint density at radius 1 is 1.17 bits per heavy atom. The van der Waals surface area contributed by atoms with Gasteiger partial charge in [-0.3, -0.25) is 4.79 Å². The van der Waals surface area contributed by atoms with Gasteiger partial charge in [-0.1, -0.05) is 42.5 Å². The zero-order chi connectivity index (χ0) is 15.8. The molecule has 23 heavy (non-hydrogen) atoms. The first-order valence-corrected chi connectivity index (χ1v) is 7.68. The van der Waals surface area contributed by atoms with Crippen molar-refractivity contribution in [2.24, 2.45) is 0 Å². The molecule has 0 aliphatic carbocycles. The topological polar surface area (TPSA) is 63.6 Å². The van der Waals surface area contributed by atoms with Crippen molar-refractivity contribution in [1.29, 1.82) is 0 Å². The van der Waals surface area contributed by atoms with Gasteiger partial charge in [0.1, 0.15) is 12.1 Å². The number of rotatable bonds is 4. The van der Waals surface area contributed by atoms with E-state index in [1.54, 1.807) is 10.9 Å². The Bertz CT molecular complexity index is 1010. The average Bonchev–Trinajstić information content (AvgIpc) is 3.19. The summed E-state index contributed by atoms with van der Waals surface area (Å²) in [4.78, 5) is 16.0. The van der Waals surface area contributed by atoms with Gasteiger partial charge in [-0.25, -0.2) is 4.68 Å². The molecule has 5 nitrogen and oxygen atoms in total. The summed E-state index contributed by atoms with van der Waals surface area (Å²) >= 11 is 0. The lowest BCUT2D eigenvalue weighted by molar-refractivity contribution is 0.0970. The number of fused-ring (bicyclic) bond motifs is 2. The highest BCUT2D eigenvalue weighted by molar-refractivity contribution is 6.08. The molecule has 0 atom stereocenters. The van der Waals surface area contributed by atoms with Crippen LogP contribution < -0.4 is 0 Å². The average molecular weight is 304 g/mol. The van der Waals surface area contributed by atoms with Crippen LogP contribution in [0.5, 0.6) is 0 Å². The van der Waals surface area contributed by atoms with Gasteiger partial charge in [0.15, 0.2) is 5.78 Å². The molecular formula is C18H16N4O. The van der Waals surface area contributed by atoms with Crippen molar-refractivity contribution in [2.75, 3.05) is 0 Å². The van der Waals surface area contributed by atoms with Gasteiger partial charge in [0.05, 0.1) is 5.52 Å². The minimum atomic E-state index is 0.0279. The first-order valence-electron chi connectivity index (χ1n) is 7.68. The van der Waals surface area contributed by atoms with Crippen LogP contribution in [0.15, 0.2) is 48.7 Å². The van der Waals surface area contributed by atoms with Crippen LogP contribution in [0.25, 0.3) is 21.9 Å². The van der Waals surface area contributed by atoms with E-state index < -0.39 is 0 Å². The second-order valence-electron chi connectivity index (χ2n) is 5.55. The van der Waals surface area contributed by atoms with Gasteiger partial charge in [0.2, 0.25) is 0 Å². The van der Waals surface area contributed by atoms with Crippen LogP contribution in [0.1, 0.15) is 22.8 Å². The van der Waals surface area contributed by atoms with Crippen LogP contribution in [-0.2, 0) is 13.0 Å². The second-order valence-corrected chi connectivity index (χ2v) is 5.55. The number of para-hydroxylation sites is 2. The number of Topliss-reactive ketones (excluding diaryl/α,β-unsaturated/α-hetero) is 1. The van der Waals surface area contributed by atoms with Gasteiger partial charge in [0.25, 0.3) is 0 Å². The van der Waals surface area contributed by atoms with Crippen LogP contribution in [0.2, 0.25) is 0 Å². The minimum absolute atomic E-state index is 0.0279. The maximum Gasteiger partial charge on any atom is 0.186 e. The van der Waals surface area contributed by atoms with Crippen molar-refractivity contribution in [3.63, 3.8) is 0 Å². The standard InChI is InChI=1S/C18H16N4O/c1-2-12-6-5-7-13-14(10-19-18(12)13)17(23)11-22-16-9-4-3-8-15(16)20-21-22/h3-10,19H,2,11H2,1H3. The molecule has 0 amide bonds. The van der Waals surface area contributed by atoms with Crippen molar-refractivity contribution >= 4 is 27.7 Å². The van der Waals surface area contributed by atoms with E-state index in [1.807, 2.05) is 36.4 Å². The molecule has 1 N–H and O–H groups in total. The molecular weight excluding hydrogens is 288 g/mol. The number of aryl methyl sites for hydroxylation is 1. The van der Waals surface area contributed by atoms with E-state index in [1.165, 1.54) is 5.56 Å². The van der Waals surface area contributed by atoms with E-state index in [-0.39, 0.29) is 12.3 Å². The first-order chi connectivity index (χ1) is 11.3. The molecule has 0 radical (unpaired) electrons. The Hall–Kier alpha value is -2.95. The van der Waals surface area contributed by atoms with Crippen molar-refractivity contribution in [2.45, 2.75) is 19.9 Å². The summed E-state index contributed by atoms with van der Waals surface area (Å²) in [7, 11) is 0. The van der Waals surface area contributed by atoms with Crippen molar-refractivity contribution in [3.05, 3.63) is 59.8 Å². The first kappa shape index (κ1) is 13.7. The third kappa shape index (κ3) is 2.21. The molecule has 2 aromatic carbocycles. The van der Waals surface area contributed by atoms with Crippen LogP contribution in [0, 0.1) is 0 Å². The van der Waals surface area contributed by atoms with E-state index in [9.17, 15) is 4.79 Å².